The number of pyridine rings is 1. The fourth-order valence-electron chi connectivity index (χ4n) is 2.57. The lowest BCUT2D eigenvalue weighted by Gasteiger charge is -2.36. The summed E-state index contributed by atoms with van der Waals surface area (Å²) in [6.07, 6.45) is 0. The molecule has 0 bridgehead atoms. The number of anilines is 1. The molecule has 0 amide bonds. The second kappa shape index (κ2) is 5.19. The number of aromatic nitrogens is 1. The summed E-state index contributed by atoms with van der Waals surface area (Å²) in [7, 11) is 0. The highest BCUT2D eigenvalue weighted by molar-refractivity contribution is 8.00. The third kappa shape index (κ3) is 2.62. The number of rotatable bonds is 1. The third-order valence-corrected chi connectivity index (χ3v) is 4.41. The average Bonchev–Trinajstić information content (AvgIpc) is 2.26. The van der Waals surface area contributed by atoms with Crippen molar-refractivity contribution in [2.45, 2.75) is 38.2 Å². The first-order valence-electron chi connectivity index (χ1n) is 6.30. The molecule has 18 heavy (non-hydrogen) atoms. The van der Waals surface area contributed by atoms with Gasteiger partial charge < -0.3 is 4.90 Å². The average molecular weight is 261 g/mol. The molecule has 0 saturated carbocycles. The SMILES string of the molecule is Cc1cc(N2CC(C)SC(C)C2)c(C#N)c(C)n1. The number of hydrogen-bond acceptors (Lipinski definition) is 4. The molecule has 0 spiro atoms. The van der Waals surface area contributed by atoms with E-state index in [1.54, 1.807) is 0 Å². The van der Waals surface area contributed by atoms with Gasteiger partial charge in [0.25, 0.3) is 0 Å². The van der Waals surface area contributed by atoms with Gasteiger partial charge >= 0.3 is 0 Å². The predicted molar refractivity (Wildman–Crippen MR) is 77.2 cm³/mol. The van der Waals surface area contributed by atoms with E-state index < -0.39 is 0 Å². The summed E-state index contributed by atoms with van der Waals surface area (Å²) in [5.74, 6) is 0. The zero-order valence-corrected chi connectivity index (χ0v) is 12.2. The van der Waals surface area contributed by atoms with Crippen LogP contribution in [0.25, 0.3) is 0 Å². The van der Waals surface area contributed by atoms with E-state index in [-0.39, 0.29) is 0 Å². The van der Waals surface area contributed by atoms with Crippen molar-refractivity contribution in [3.8, 4) is 6.07 Å². The molecular weight excluding hydrogens is 242 g/mol. The Balaban J connectivity index is 2.41. The van der Waals surface area contributed by atoms with Crippen LogP contribution in [-0.4, -0.2) is 28.6 Å². The second-order valence-corrected chi connectivity index (χ2v) is 6.90. The lowest BCUT2D eigenvalue weighted by Crippen LogP contribution is -2.41. The van der Waals surface area contributed by atoms with Gasteiger partial charge in [0.1, 0.15) is 6.07 Å². The van der Waals surface area contributed by atoms with Gasteiger partial charge in [-0.1, -0.05) is 13.8 Å². The summed E-state index contributed by atoms with van der Waals surface area (Å²) in [5, 5.41) is 10.5. The first-order chi connectivity index (χ1) is 8.51. The Labute approximate surface area is 113 Å². The van der Waals surface area contributed by atoms with Crippen LogP contribution in [-0.2, 0) is 0 Å². The molecule has 1 aromatic rings. The number of hydrogen-bond donors (Lipinski definition) is 0. The van der Waals surface area contributed by atoms with Crippen LogP contribution >= 0.6 is 11.8 Å². The van der Waals surface area contributed by atoms with Crippen LogP contribution in [0.4, 0.5) is 5.69 Å². The van der Waals surface area contributed by atoms with Gasteiger partial charge in [0, 0.05) is 29.3 Å². The molecule has 2 unspecified atom stereocenters. The number of nitrogens with zero attached hydrogens (tertiary/aromatic N) is 3. The largest absolute Gasteiger partial charge is 0.368 e. The number of nitriles is 1. The van der Waals surface area contributed by atoms with Crippen molar-refractivity contribution in [1.29, 1.82) is 5.26 Å². The molecule has 1 aromatic heterocycles. The molecule has 1 aliphatic rings. The number of aryl methyl sites for hydroxylation is 2. The fourth-order valence-corrected chi connectivity index (χ4v) is 3.90. The molecule has 2 rings (SSSR count). The maximum Gasteiger partial charge on any atom is 0.103 e. The zero-order valence-electron chi connectivity index (χ0n) is 11.4. The Bertz CT molecular complexity index is 483. The standard InChI is InChI=1S/C14H19N3S/c1-9-5-14(13(6-15)12(4)16-9)17-7-10(2)18-11(3)8-17/h5,10-11H,7-8H2,1-4H3. The first-order valence-corrected chi connectivity index (χ1v) is 7.24. The van der Waals surface area contributed by atoms with Gasteiger partial charge in [-0.15, -0.1) is 0 Å². The topological polar surface area (TPSA) is 39.9 Å². The van der Waals surface area contributed by atoms with Crippen molar-refractivity contribution in [2.24, 2.45) is 0 Å². The van der Waals surface area contributed by atoms with E-state index in [0.29, 0.717) is 10.5 Å². The summed E-state index contributed by atoms with van der Waals surface area (Å²) < 4.78 is 0. The predicted octanol–water partition coefficient (Wildman–Crippen LogP) is 2.90. The number of thioether (sulfide) groups is 1. The fraction of sp³-hybridized carbons (Fsp3) is 0.571. The van der Waals surface area contributed by atoms with E-state index >= 15 is 0 Å². The molecule has 4 heteroatoms. The van der Waals surface area contributed by atoms with E-state index in [1.807, 2.05) is 31.7 Å². The maximum atomic E-state index is 9.33. The van der Waals surface area contributed by atoms with E-state index in [4.69, 9.17) is 0 Å². The second-order valence-electron chi connectivity index (χ2n) is 5.02. The van der Waals surface area contributed by atoms with Gasteiger partial charge in [0.05, 0.1) is 16.9 Å². The van der Waals surface area contributed by atoms with Crippen molar-refractivity contribution in [2.75, 3.05) is 18.0 Å². The molecule has 2 heterocycles. The van der Waals surface area contributed by atoms with Crippen molar-refractivity contribution >= 4 is 17.4 Å². The Kier molecular flexibility index (Phi) is 3.82. The van der Waals surface area contributed by atoms with Gasteiger partial charge in [-0.3, -0.25) is 4.98 Å². The van der Waals surface area contributed by atoms with Gasteiger partial charge in [-0.05, 0) is 19.9 Å². The molecule has 0 N–H and O–H groups in total. The Morgan fingerprint density at radius 1 is 1.33 bits per heavy atom. The summed E-state index contributed by atoms with van der Waals surface area (Å²) in [6, 6.07) is 4.35. The Hall–Kier alpha value is -1.21. The van der Waals surface area contributed by atoms with Crippen LogP contribution in [0.3, 0.4) is 0 Å². The van der Waals surface area contributed by atoms with E-state index in [9.17, 15) is 5.26 Å². The zero-order chi connectivity index (χ0) is 13.3. The molecule has 1 fully saturated rings. The highest BCUT2D eigenvalue weighted by Gasteiger charge is 2.25. The van der Waals surface area contributed by atoms with Crippen LogP contribution < -0.4 is 4.90 Å². The minimum Gasteiger partial charge on any atom is -0.368 e. The van der Waals surface area contributed by atoms with Crippen molar-refractivity contribution in [3.05, 3.63) is 23.0 Å². The molecule has 1 saturated heterocycles. The molecule has 3 nitrogen and oxygen atoms in total. The molecule has 96 valence electrons. The van der Waals surface area contributed by atoms with Gasteiger partial charge in [-0.2, -0.15) is 17.0 Å². The van der Waals surface area contributed by atoms with Gasteiger partial charge in [0.2, 0.25) is 0 Å². The quantitative estimate of drug-likeness (QED) is 0.779. The van der Waals surface area contributed by atoms with E-state index in [0.717, 1.165) is 35.7 Å². The van der Waals surface area contributed by atoms with Crippen molar-refractivity contribution in [3.63, 3.8) is 0 Å². The summed E-state index contributed by atoms with van der Waals surface area (Å²) in [4.78, 5) is 6.72. The smallest absolute Gasteiger partial charge is 0.103 e. The van der Waals surface area contributed by atoms with Gasteiger partial charge in [-0.25, -0.2) is 0 Å². The monoisotopic (exact) mass is 261 g/mol. The van der Waals surface area contributed by atoms with Gasteiger partial charge in [0.15, 0.2) is 0 Å². The Morgan fingerprint density at radius 2 is 1.94 bits per heavy atom. The van der Waals surface area contributed by atoms with E-state index in [2.05, 4.69) is 29.8 Å². The minimum absolute atomic E-state index is 0.606. The normalized spacial score (nSPS) is 23.8. The highest BCUT2D eigenvalue weighted by Crippen LogP contribution is 2.31. The molecule has 0 aromatic carbocycles. The van der Waals surface area contributed by atoms with Crippen molar-refractivity contribution < 1.29 is 0 Å². The summed E-state index contributed by atoms with van der Waals surface area (Å²) >= 11 is 2.02. The van der Waals surface area contributed by atoms with Crippen LogP contribution in [0.2, 0.25) is 0 Å². The molecule has 2 atom stereocenters. The molecule has 0 radical (unpaired) electrons. The Morgan fingerprint density at radius 3 is 2.50 bits per heavy atom. The molecule has 0 aliphatic carbocycles. The molecule has 1 aliphatic heterocycles. The van der Waals surface area contributed by atoms with Crippen molar-refractivity contribution in [1.82, 2.24) is 4.98 Å². The van der Waals surface area contributed by atoms with Crippen LogP contribution in [0.5, 0.6) is 0 Å². The minimum atomic E-state index is 0.606. The van der Waals surface area contributed by atoms with Crippen LogP contribution in [0.15, 0.2) is 6.07 Å². The summed E-state index contributed by atoms with van der Waals surface area (Å²) in [5.41, 5.74) is 3.61. The lowest BCUT2D eigenvalue weighted by molar-refractivity contribution is 0.725. The molecular formula is C14H19N3S. The summed E-state index contributed by atoms with van der Waals surface area (Å²) in [6.45, 7) is 10.4. The van der Waals surface area contributed by atoms with Crippen LogP contribution in [0.1, 0.15) is 30.8 Å². The van der Waals surface area contributed by atoms with Crippen LogP contribution in [0, 0.1) is 25.2 Å². The maximum absolute atomic E-state index is 9.33. The van der Waals surface area contributed by atoms with E-state index in [1.165, 1.54) is 0 Å². The first kappa shape index (κ1) is 13.2. The third-order valence-electron chi connectivity index (χ3n) is 3.18. The lowest BCUT2D eigenvalue weighted by atomic mass is 10.1. The highest BCUT2D eigenvalue weighted by atomic mass is 32.2.